The molecule has 46 heavy (non-hydrogen) atoms. The van der Waals surface area contributed by atoms with E-state index in [-0.39, 0.29) is 24.1 Å². The van der Waals surface area contributed by atoms with Gasteiger partial charge in [-0.1, -0.05) is 13.0 Å². The molecular weight excluding hydrogens is 616 g/mol. The van der Waals surface area contributed by atoms with E-state index in [1.54, 1.807) is 25.1 Å². The first-order valence-corrected chi connectivity index (χ1v) is 16.1. The molecule has 0 N–H and O–H groups in total. The van der Waals surface area contributed by atoms with Crippen molar-refractivity contribution in [2.75, 3.05) is 50.7 Å². The third-order valence-corrected chi connectivity index (χ3v) is 9.70. The number of hydrogen-bond donors (Lipinski definition) is 0. The lowest BCUT2D eigenvalue weighted by Gasteiger charge is -2.41. The number of anilines is 1. The average Bonchev–Trinajstić information content (AvgIpc) is 3.67. The van der Waals surface area contributed by atoms with Crippen molar-refractivity contribution in [3.05, 3.63) is 83.0 Å². The number of benzene rings is 2. The normalized spacial score (nSPS) is 16.7. The fourth-order valence-electron chi connectivity index (χ4n) is 6.20. The fraction of sp³-hybridized carbons (Fsp3) is 0.324. The van der Waals surface area contributed by atoms with Crippen molar-refractivity contribution in [3.8, 4) is 33.1 Å². The Morgan fingerprint density at radius 1 is 0.935 bits per heavy atom. The first kappa shape index (κ1) is 30.4. The molecule has 2 fully saturated rings. The Labute approximate surface area is 267 Å². The number of amides is 1. The molecule has 7 nitrogen and oxygen atoms in total. The van der Waals surface area contributed by atoms with Crippen molar-refractivity contribution in [1.82, 2.24) is 24.2 Å². The predicted molar refractivity (Wildman–Crippen MR) is 171 cm³/mol. The van der Waals surface area contributed by atoms with Crippen LogP contribution >= 0.6 is 11.3 Å². The molecule has 5 aromatic rings. The molecule has 2 aromatic carbocycles. The van der Waals surface area contributed by atoms with Gasteiger partial charge in [0.1, 0.15) is 22.3 Å². The molecule has 0 atom stereocenters. The number of aryl methyl sites for hydroxylation is 1. The minimum absolute atomic E-state index is 0.137. The van der Waals surface area contributed by atoms with Gasteiger partial charge in [0.2, 0.25) is 5.91 Å². The summed E-state index contributed by atoms with van der Waals surface area (Å²) in [5.74, 6) is -3.68. The Balaban J connectivity index is 1.12. The molecule has 3 aromatic heterocycles. The van der Waals surface area contributed by atoms with E-state index in [2.05, 4.69) is 4.90 Å². The van der Waals surface area contributed by atoms with Crippen LogP contribution in [-0.4, -0.2) is 81.8 Å². The molecule has 0 bridgehead atoms. The minimum Gasteiger partial charge on any atom is -0.368 e. The SMILES string of the molecule is CCc1nc2ccc(N3CCN(CC(=O)N4CC(F)(F)C4)CC3)cn2c1-c1ccc(-c2nc(-c3ccc(F)cc3)cs2)c(C)c1F. The summed E-state index contributed by atoms with van der Waals surface area (Å²) in [7, 11) is 0. The van der Waals surface area contributed by atoms with Crippen LogP contribution in [0.4, 0.5) is 23.2 Å². The number of imidazole rings is 1. The van der Waals surface area contributed by atoms with Crippen molar-refractivity contribution in [3.63, 3.8) is 0 Å². The number of thiazole rings is 1. The summed E-state index contributed by atoms with van der Waals surface area (Å²) in [5.41, 5.74) is 6.30. The lowest BCUT2D eigenvalue weighted by atomic mass is 10.0. The number of nitrogens with zero attached hydrogens (tertiary/aromatic N) is 6. The van der Waals surface area contributed by atoms with E-state index in [4.69, 9.17) is 9.97 Å². The van der Waals surface area contributed by atoms with E-state index in [0.717, 1.165) is 22.6 Å². The van der Waals surface area contributed by atoms with Gasteiger partial charge in [-0.25, -0.2) is 27.5 Å². The Bertz CT molecular complexity index is 1920. The number of fused-ring (bicyclic) bond motifs is 1. The standard InChI is InChI=1S/C34H32F4N6OS/c1-3-27-32(26-10-9-25(21(2)31(26)36)33-40-28(18-46-33)22-4-6-23(35)7-5-22)44-16-24(8-11-29(44)39-27)42-14-12-41(13-15-42)17-30(45)43-19-34(37,38)20-43/h4-11,16,18H,3,12-15,17,19-20H2,1-2H3. The maximum atomic E-state index is 16.3. The second-order valence-electron chi connectivity index (χ2n) is 11.9. The van der Waals surface area contributed by atoms with Gasteiger partial charge < -0.3 is 9.80 Å². The smallest absolute Gasteiger partial charge is 0.282 e. The molecular formula is C34H32F4N6OS. The van der Waals surface area contributed by atoms with Crippen LogP contribution in [-0.2, 0) is 11.2 Å². The number of halogens is 4. The Morgan fingerprint density at radius 2 is 1.65 bits per heavy atom. The van der Waals surface area contributed by atoms with Crippen molar-refractivity contribution >= 4 is 28.6 Å². The number of likely N-dealkylation sites (tertiary alicyclic amines) is 1. The Kier molecular flexibility index (Phi) is 7.80. The van der Waals surface area contributed by atoms with E-state index in [1.165, 1.54) is 28.4 Å². The predicted octanol–water partition coefficient (Wildman–Crippen LogP) is 6.54. The molecule has 238 valence electrons. The van der Waals surface area contributed by atoms with Crippen LogP contribution in [0.1, 0.15) is 18.2 Å². The summed E-state index contributed by atoms with van der Waals surface area (Å²) in [5, 5.41) is 2.57. The highest BCUT2D eigenvalue weighted by molar-refractivity contribution is 7.13. The zero-order valence-electron chi connectivity index (χ0n) is 25.4. The number of carbonyl (C=O) groups is 1. The number of hydrogen-bond acceptors (Lipinski definition) is 6. The minimum atomic E-state index is -2.77. The van der Waals surface area contributed by atoms with Crippen molar-refractivity contribution < 1.29 is 22.4 Å². The van der Waals surface area contributed by atoms with E-state index in [1.807, 2.05) is 46.0 Å². The number of carbonyl (C=O) groups excluding carboxylic acids is 1. The number of piperazine rings is 1. The maximum Gasteiger partial charge on any atom is 0.282 e. The molecule has 0 saturated carbocycles. The van der Waals surface area contributed by atoms with Crippen LogP contribution in [0, 0.1) is 18.6 Å². The second-order valence-corrected chi connectivity index (χ2v) is 12.7. The van der Waals surface area contributed by atoms with Crippen molar-refractivity contribution in [2.45, 2.75) is 26.2 Å². The van der Waals surface area contributed by atoms with E-state index in [9.17, 15) is 18.0 Å². The highest BCUT2D eigenvalue weighted by Gasteiger charge is 2.46. The van der Waals surface area contributed by atoms with E-state index < -0.39 is 19.0 Å². The van der Waals surface area contributed by atoms with Crippen LogP contribution in [0.3, 0.4) is 0 Å². The largest absolute Gasteiger partial charge is 0.368 e. The number of aromatic nitrogens is 3. The fourth-order valence-corrected chi connectivity index (χ4v) is 7.11. The molecule has 7 rings (SSSR count). The van der Waals surface area contributed by atoms with Gasteiger partial charge in [-0.15, -0.1) is 11.3 Å². The summed E-state index contributed by atoms with van der Waals surface area (Å²) in [6.07, 6.45) is 2.61. The molecule has 0 unspecified atom stereocenters. The third-order valence-electron chi connectivity index (χ3n) is 8.82. The molecule has 2 aliphatic rings. The summed E-state index contributed by atoms with van der Waals surface area (Å²) < 4.78 is 58.0. The number of alkyl halides is 2. The molecule has 12 heteroatoms. The second kappa shape index (κ2) is 11.8. The quantitative estimate of drug-likeness (QED) is 0.188. The van der Waals surface area contributed by atoms with Gasteiger partial charge in [-0.2, -0.15) is 0 Å². The van der Waals surface area contributed by atoms with Crippen LogP contribution in [0.15, 0.2) is 60.1 Å². The van der Waals surface area contributed by atoms with Gasteiger partial charge in [0.15, 0.2) is 0 Å². The van der Waals surface area contributed by atoms with Crippen LogP contribution in [0.5, 0.6) is 0 Å². The van der Waals surface area contributed by atoms with Gasteiger partial charge in [0, 0.05) is 54.4 Å². The molecule has 2 saturated heterocycles. The van der Waals surface area contributed by atoms with Gasteiger partial charge in [0.05, 0.1) is 42.4 Å². The zero-order valence-corrected chi connectivity index (χ0v) is 26.3. The molecule has 0 aliphatic carbocycles. The number of rotatable bonds is 7. The average molecular weight is 649 g/mol. The molecule has 1 amide bonds. The maximum absolute atomic E-state index is 16.3. The third kappa shape index (κ3) is 5.64. The highest BCUT2D eigenvalue weighted by Crippen LogP contribution is 2.37. The first-order valence-electron chi connectivity index (χ1n) is 15.3. The molecule has 0 spiro atoms. The summed E-state index contributed by atoms with van der Waals surface area (Å²) in [6, 6.07) is 13.8. The van der Waals surface area contributed by atoms with Crippen LogP contribution in [0.25, 0.3) is 38.7 Å². The van der Waals surface area contributed by atoms with Crippen LogP contribution < -0.4 is 4.90 Å². The molecule has 2 aliphatic heterocycles. The van der Waals surface area contributed by atoms with Gasteiger partial charge >= 0.3 is 0 Å². The lowest BCUT2D eigenvalue weighted by Crippen LogP contribution is -2.61. The molecule has 0 radical (unpaired) electrons. The van der Waals surface area contributed by atoms with Gasteiger partial charge in [0.25, 0.3) is 5.92 Å². The van der Waals surface area contributed by atoms with Gasteiger partial charge in [-0.3, -0.25) is 14.1 Å². The zero-order chi connectivity index (χ0) is 32.2. The summed E-state index contributed by atoms with van der Waals surface area (Å²) >= 11 is 1.42. The van der Waals surface area contributed by atoms with E-state index >= 15 is 4.39 Å². The van der Waals surface area contributed by atoms with Crippen molar-refractivity contribution in [2.24, 2.45) is 0 Å². The van der Waals surface area contributed by atoms with E-state index in [0.29, 0.717) is 65.7 Å². The first-order chi connectivity index (χ1) is 22.1. The topological polar surface area (TPSA) is 57.0 Å². The molecule has 5 heterocycles. The number of pyridine rings is 1. The summed E-state index contributed by atoms with van der Waals surface area (Å²) in [4.78, 5) is 27.3. The lowest BCUT2D eigenvalue weighted by molar-refractivity contribution is -0.166. The van der Waals surface area contributed by atoms with Crippen molar-refractivity contribution in [1.29, 1.82) is 0 Å². The Morgan fingerprint density at radius 3 is 2.35 bits per heavy atom. The van der Waals surface area contributed by atoms with Gasteiger partial charge in [-0.05, 0) is 61.4 Å². The Hall–Kier alpha value is -4.29. The summed E-state index contributed by atoms with van der Waals surface area (Å²) in [6.45, 7) is 5.48. The monoisotopic (exact) mass is 648 g/mol. The highest BCUT2D eigenvalue weighted by atomic mass is 32.1. The van der Waals surface area contributed by atoms with Crippen LogP contribution in [0.2, 0.25) is 0 Å².